The van der Waals surface area contributed by atoms with Gasteiger partial charge < -0.3 is 15.5 Å². The molecule has 2 aromatic rings. The van der Waals surface area contributed by atoms with E-state index in [1.807, 2.05) is 36.4 Å². The molecule has 0 atom stereocenters. The van der Waals surface area contributed by atoms with Crippen LogP contribution >= 0.6 is 0 Å². The topological polar surface area (TPSA) is 70.2 Å². The highest BCUT2D eigenvalue weighted by atomic mass is 16.1. The normalized spacial score (nSPS) is 13.8. The van der Waals surface area contributed by atoms with Crippen LogP contribution in [-0.2, 0) is 0 Å². The molecule has 1 aliphatic rings. The summed E-state index contributed by atoms with van der Waals surface area (Å²) in [6, 6.07) is 11.3. The first-order chi connectivity index (χ1) is 11.8. The summed E-state index contributed by atoms with van der Waals surface area (Å²) in [5.74, 6) is 1.79. The minimum Gasteiger partial charge on any atom is -0.370 e. The number of hydrogen-bond donors (Lipinski definition) is 2. The lowest BCUT2D eigenvalue weighted by Gasteiger charge is -2.16. The third-order valence-corrected chi connectivity index (χ3v) is 4.06. The van der Waals surface area contributed by atoms with Crippen molar-refractivity contribution >= 4 is 17.5 Å². The molecule has 1 saturated heterocycles. The van der Waals surface area contributed by atoms with Gasteiger partial charge in [-0.2, -0.15) is 0 Å². The average molecular weight is 325 g/mol. The van der Waals surface area contributed by atoms with Crippen LogP contribution in [0.5, 0.6) is 0 Å². The number of amides is 1. The summed E-state index contributed by atoms with van der Waals surface area (Å²) in [7, 11) is 0. The van der Waals surface area contributed by atoms with E-state index in [1.165, 1.54) is 12.8 Å². The number of anilines is 2. The number of carbonyl (C=O) groups is 1. The minimum absolute atomic E-state index is 0.0334. The second kappa shape index (κ2) is 8.29. The quantitative estimate of drug-likeness (QED) is 0.765. The molecule has 0 saturated carbocycles. The Hall–Kier alpha value is -2.63. The van der Waals surface area contributed by atoms with Gasteiger partial charge in [0, 0.05) is 37.8 Å². The highest BCUT2D eigenvalue weighted by molar-refractivity contribution is 5.94. The van der Waals surface area contributed by atoms with Gasteiger partial charge >= 0.3 is 0 Å². The van der Waals surface area contributed by atoms with E-state index in [0.29, 0.717) is 12.1 Å². The molecule has 0 radical (unpaired) electrons. The van der Waals surface area contributed by atoms with Gasteiger partial charge in [0.2, 0.25) is 0 Å². The SMILES string of the molecule is O=C(NCCCNc1cc(N2CCCC2)ncn1)c1ccccc1. The molecule has 126 valence electrons. The monoisotopic (exact) mass is 325 g/mol. The summed E-state index contributed by atoms with van der Waals surface area (Å²) in [5, 5.41) is 6.21. The van der Waals surface area contributed by atoms with Gasteiger partial charge in [-0.3, -0.25) is 4.79 Å². The van der Waals surface area contributed by atoms with E-state index in [-0.39, 0.29) is 5.91 Å². The largest absolute Gasteiger partial charge is 0.370 e. The Balaban J connectivity index is 1.39. The molecule has 0 spiro atoms. The Morgan fingerprint density at radius 1 is 1.08 bits per heavy atom. The first-order valence-electron chi connectivity index (χ1n) is 8.47. The van der Waals surface area contributed by atoms with Crippen molar-refractivity contribution in [3.8, 4) is 0 Å². The number of nitrogens with one attached hydrogen (secondary N) is 2. The zero-order valence-electron chi connectivity index (χ0n) is 13.7. The van der Waals surface area contributed by atoms with Crippen molar-refractivity contribution in [2.24, 2.45) is 0 Å². The molecule has 1 fully saturated rings. The van der Waals surface area contributed by atoms with Gasteiger partial charge in [-0.15, -0.1) is 0 Å². The van der Waals surface area contributed by atoms with E-state index >= 15 is 0 Å². The first kappa shape index (κ1) is 16.2. The van der Waals surface area contributed by atoms with Gasteiger partial charge in [0.25, 0.3) is 5.91 Å². The van der Waals surface area contributed by atoms with Crippen LogP contribution < -0.4 is 15.5 Å². The zero-order valence-corrected chi connectivity index (χ0v) is 13.7. The van der Waals surface area contributed by atoms with Crippen LogP contribution in [0, 0.1) is 0 Å². The molecule has 24 heavy (non-hydrogen) atoms. The second-order valence-corrected chi connectivity index (χ2v) is 5.86. The molecule has 1 amide bonds. The van der Waals surface area contributed by atoms with Crippen molar-refractivity contribution in [1.29, 1.82) is 0 Å². The highest BCUT2D eigenvalue weighted by Crippen LogP contribution is 2.19. The number of carbonyl (C=O) groups excluding carboxylic acids is 1. The molecule has 1 aromatic carbocycles. The van der Waals surface area contributed by atoms with Gasteiger partial charge in [-0.25, -0.2) is 9.97 Å². The van der Waals surface area contributed by atoms with Crippen molar-refractivity contribution in [1.82, 2.24) is 15.3 Å². The summed E-state index contributed by atoms with van der Waals surface area (Å²) < 4.78 is 0. The van der Waals surface area contributed by atoms with Gasteiger partial charge in [-0.1, -0.05) is 18.2 Å². The Morgan fingerprint density at radius 3 is 2.67 bits per heavy atom. The molecule has 1 aliphatic heterocycles. The summed E-state index contributed by atoms with van der Waals surface area (Å²) >= 11 is 0. The minimum atomic E-state index is -0.0334. The number of hydrogen-bond acceptors (Lipinski definition) is 5. The predicted octanol–water partition coefficient (Wildman–Crippen LogP) is 2.31. The molecule has 0 unspecified atom stereocenters. The first-order valence-corrected chi connectivity index (χ1v) is 8.47. The Bertz CT molecular complexity index is 655. The van der Waals surface area contributed by atoms with E-state index in [2.05, 4.69) is 25.5 Å². The lowest BCUT2D eigenvalue weighted by Crippen LogP contribution is -2.25. The van der Waals surface area contributed by atoms with Gasteiger partial charge in [-0.05, 0) is 31.4 Å². The average Bonchev–Trinajstić information content (AvgIpc) is 3.17. The maximum atomic E-state index is 11.9. The smallest absolute Gasteiger partial charge is 0.251 e. The van der Waals surface area contributed by atoms with Crippen molar-refractivity contribution in [3.05, 3.63) is 48.3 Å². The molecular formula is C18H23N5O. The van der Waals surface area contributed by atoms with E-state index in [1.54, 1.807) is 6.33 Å². The molecule has 2 heterocycles. The summed E-state index contributed by atoms with van der Waals surface area (Å²) in [4.78, 5) is 22.8. The standard InChI is InChI=1S/C18H23N5O/c24-18(15-7-2-1-3-8-15)20-10-6-9-19-16-13-17(22-14-21-16)23-11-4-5-12-23/h1-3,7-8,13-14H,4-6,9-12H2,(H,20,24)(H,19,21,22). The van der Waals surface area contributed by atoms with Crippen LogP contribution in [0.15, 0.2) is 42.7 Å². The molecule has 2 N–H and O–H groups in total. The summed E-state index contributed by atoms with van der Waals surface area (Å²) in [6.07, 6.45) is 4.90. The lowest BCUT2D eigenvalue weighted by atomic mass is 10.2. The number of nitrogens with zero attached hydrogens (tertiary/aromatic N) is 3. The summed E-state index contributed by atoms with van der Waals surface area (Å²) in [5.41, 5.74) is 0.691. The van der Waals surface area contributed by atoms with E-state index in [4.69, 9.17) is 0 Å². The molecule has 3 rings (SSSR count). The van der Waals surface area contributed by atoms with Gasteiger partial charge in [0.05, 0.1) is 0 Å². The second-order valence-electron chi connectivity index (χ2n) is 5.86. The zero-order chi connectivity index (χ0) is 16.6. The third kappa shape index (κ3) is 4.44. The van der Waals surface area contributed by atoms with Crippen LogP contribution in [0.25, 0.3) is 0 Å². The maximum Gasteiger partial charge on any atom is 0.251 e. The lowest BCUT2D eigenvalue weighted by molar-refractivity contribution is 0.0953. The Kier molecular flexibility index (Phi) is 5.61. The molecule has 6 nitrogen and oxygen atoms in total. The van der Waals surface area contributed by atoms with Gasteiger partial charge in [0.15, 0.2) is 0 Å². The third-order valence-electron chi connectivity index (χ3n) is 4.06. The van der Waals surface area contributed by atoms with Crippen LogP contribution in [0.2, 0.25) is 0 Å². The fourth-order valence-electron chi connectivity index (χ4n) is 2.76. The van der Waals surface area contributed by atoms with Crippen LogP contribution in [-0.4, -0.2) is 42.1 Å². The number of benzene rings is 1. The number of aromatic nitrogens is 2. The van der Waals surface area contributed by atoms with Crippen molar-refractivity contribution in [3.63, 3.8) is 0 Å². The maximum absolute atomic E-state index is 11.9. The molecule has 6 heteroatoms. The van der Waals surface area contributed by atoms with Crippen molar-refractivity contribution in [2.45, 2.75) is 19.3 Å². The molecule has 1 aromatic heterocycles. The predicted molar refractivity (Wildman–Crippen MR) is 95.4 cm³/mol. The number of rotatable bonds is 7. The highest BCUT2D eigenvalue weighted by Gasteiger charge is 2.13. The molecule has 0 bridgehead atoms. The van der Waals surface area contributed by atoms with E-state index < -0.39 is 0 Å². The van der Waals surface area contributed by atoms with Crippen LogP contribution in [0.1, 0.15) is 29.6 Å². The van der Waals surface area contributed by atoms with E-state index in [0.717, 1.165) is 37.7 Å². The molecular weight excluding hydrogens is 302 g/mol. The van der Waals surface area contributed by atoms with Gasteiger partial charge in [0.1, 0.15) is 18.0 Å². The van der Waals surface area contributed by atoms with Crippen molar-refractivity contribution in [2.75, 3.05) is 36.4 Å². The van der Waals surface area contributed by atoms with Crippen LogP contribution in [0.3, 0.4) is 0 Å². The molecule has 0 aliphatic carbocycles. The van der Waals surface area contributed by atoms with E-state index in [9.17, 15) is 4.79 Å². The van der Waals surface area contributed by atoms with Crippen molar-refractivity contribution < 1.29 is 4.79 Å². The fourth-order valence-corrected chi connectivity index (χ4v) is 2.76. The fraction of sp³-hybridized carbons (Fsp3) is 0.389. The Labute approximate surface area is 142 Å². The van der Waals surface area contributed by atoms with Crippen LogP contribution in [0.4, 0.5) is 11.6 Å². The Morgan fingerprint density at radius 2 is 1.88 bits per heavy atom. The summed E-state index contributed by atoms with van der Waals surface area (Å²) in [6.45, 7) is 3.53.